The first kappa shape index (κ1) is 20.7. The second-order valence-electron chi connectivity index (χ2n) is 7.99. The van der Waals surface area contributed by atoms with Gasteiger partial charge in [0.05, 0.1) is 11.1 Å². The maximum Gasteiger partial charge on any atom is 0.204 e. The van der Waals surface area contributed by atoms with Crippen molar-refractivity contribution < 1.29 is 22.4 Å². The van der Waals surface area contributed by atoms with Gasteiger partial charge in [-0.25, -0.2) is 17.6 Å². The van der Waals surface area contributed by atoms with Gasteiger partial charge >= 0.3 is 0 Å². The molecule has 30 heavy (non-hydrogen) atoms. The third kappa shape index (κ3) is 4.02. The molecule has 160 valence electrons. The summed E-state index contributed by atoms with van der Waals surface area (Å²) in [6.45, 7) is 2.70. The Hall–Kier alpha value is -2.57. The lowest BCUT2D eigenvalue weighted by Crippen LogP contribution is -2.30. The number of ketones is 1. The van der Waals surface area contributed by atoms with E-state index in [-0.39, 0.29) is 0 Å². The van der Waals surface area contributed by atoms with E-state index in [9.17, 15) is 22.4 Å². The van der Waals surface area contributed by atoms with E-state index in [2.05, 4.69) is 0 Å². The minimum atomic E-state index is -1.32. The van der Waals surface area contributed by atoms with Gasteiger partial charge in [0.15, 0.2) is 0 Å². The van der Waals surface area contributed by atoms with E-state index >= 15 is 0 Å². The summed E-state index contributed by atoms with van der Waals surface area (Å²) in [6.07, 6.45) is 5.80. The molecule has 0 unspecified atom stereocenters. The maximum atomic E-state index is 14.7. The Balaban J connectivity index is 1.65. The van der Waals surface area contributed by atoms with Crippen molar-refractivity contribution in [2.45, 2.75) is 38.5 Å². The van der Waals surface area contributed by atoms with Gasteiger partial charge in [0, 0.05) is 37.6 Å². The average molecular weight is 420 g/mol. The molecule has 0 spiro atoms. The Morgan fingerprint density at radius 2 is 0.867 bits per heavy atom. The molecule has 4 rings (SSSR count). The molecule has 2 heterocycles. The van der Waals surface area contributed by atoms with Gasteiger partial charge in [-0.05, 0) is 62.8 Å². The Morgan fingerprint density at radius 1 is 0.567 bits per heavy atom. The summed E-state index contributed by atoms with van der Waals surface area (Å²) in [6, 6.07) is 4.28. The quantitative estimate of drug-likeness (QED) is 0.485. The number of anilines is 2. The highest BCUT2D eigenvalue weighted by atomic mass is 19.1. The average Bonchev–Trinajstić information content (AvgIpc) is 2.74. The fourth-order valence-electron chi connectivity index (χ4n) is 4.35. The van der Waals surface area contributed by atoms with E-state index < -0.39 is 40.2 Å². The minimum absolute atomic E-state index is 0.336. The molecule has 0 aromatic heterocycles. The van der Waals surface area contributed by atoms with Crippen molar-refractivity contribution in [2.75, 3.05) is 36.0 Å². The van der Waals surface area contributed by atoms with Gasteiger partial charge in [-0.15, -0.1) is 0 Å². The zero-order valence-corrected chi connectivity index (χ0v) is 16.7. The second kappa shape index (κ2) is 8.66. The first-order chi connectivity index (χ1) is 14.5. The van der Waals surface area contributed by atoms with Crippen LogP contribution in [0, 0.1) is 23.3 Å². The number of piperidine rings is 2. The van der Waals surface area contributed by atoms with Crippen LogP contribution in [0.25, 0.3) is 0 Å². The van der Waals surface area contributed by atoms with Gasteiger partial charge in [0.1, 0.15) is 23.3 Å². The third-order valence-corrected chi connectivity index (χ3v) is 5.95. The molecule has 3 nitrogen and oxygen atoms in total. The van der Waals surface area contributed by atoms with E-state index in [4.69, 9.17) is 0 Å². The highest BCUT2D eigenvalue weighted by Gasteiger charge is 2.28. The van der Waals surface area contributed by atoms with Crippen LogP contribution in [0.1, 0.15) is 54.4 Å². The zero-order valence-electron chi connectivity index (χ0n) is 16.7. The molecule has 7 heteroatoms. The van der Waals surface area contributed by atoms with Crippen LogP contribution in [0.15, 0.2) is 24.3 Å². The number of hydrogen-bond donors (Lipinski definition) is 0. The molecule has 2 aromatic carbocycles. The van der Waals surface area contributed by atoms with Crippen molar-refractivity contribution in [1.82, 2.24) is 0 Å². The largest absolute Gasteiger partial charge is 0.371 e. The van der Waals surface area contributed by atoms with Gasteiger partial charge < -0.3 is 9.80 Å². The molecule has 0 N–H and O–H groups in total. The third-order valence-electron chi connectivity index (χ3n) is 5.95. The van der Waals surface area contributed by atoms with Crippen LogP contribution in [-0.2, 0) is 0 Å². The second-order valence-corrected chi connectivity index (χ2v) is 7.99. The highest BCUT2D eigenvalue weighted by molar-refractivity contribution is 6.10. The van der Waals surface area contributed by atoms with Crippen molar-refractivity contribution in [3.8, 4) is 0 Å². The summed E-state index contributed by atoms with van der Waals surface area (Å²) in [5, 5.41) is 0. The zero-order chi connectivity index (χ0) is 21.3. The summed E-state index contributed by atoms with van der Waals surface area (Å²) in [4.78, 5) is 16.4. The Bertz CT molecular complexity index is 829. The molecule has 2 aliphatic rings. The van der Waals surface area contributed by atoms with E-state index in [1.54, 1.807) is 0 Å². The van der Waals surface area contributed by atoms with Crippen molar-refractivity contribution in [3.63, 3.8) is 0 Å². The van der Waals surface area contributed by atoms with Crippen molar-refractivity contribution >= 4 is 17.2 Å². The Kier molecular flexibility index (Phi) is 5.97. The summed E-state index contributed by atoms with van der Waals surface area (Å²) in [5.41, 5.74) is -1.19. The standard InChI is InChI=1S/C23H24F4N2O/c24-17-11-15(28-7-3-1-4-8-28)12-18(25)21(17)23(30)22-19(26)13-16(14-20(22)27)29-9-5-2-6-10-29/h11-14H,1-10H2. The number of carbonyl (C=O) groups is 1. The number of halogens is 4. The molecule has 0 bridgehead atoms. The topological polar surface area (TPSA) is 23.6 Å². The van der Waals surface area contributed by atoms with Crippen LogP contribution in [0.3, 0.4) is 0 Å². The van der Waals surface area contributed by atoms with Gasteiger partial charge in [0.2, 0.25) is 5.78 Å². The van der Waals surface area contributed by atoms with Gasteiger partial charge in [-0.3, -0.25) is 4.79 Å². The van der Waals surface area contributed by atoms with Crippen LogP contribution in [0.5, 0.6) is 0 Å². The predicted molar refractivity (Wildman–Crippen MR) is 108 cm³/mol. The van der Waals surface area contributed by atoms with Crippen LogP contribution in [0.4, 0.5) is 28.9 Å². The highest BCUT2D eigenvalue weighted by Crippen LogP contribution is 2.30. The molecular weight excluding hydrogens is 396 g/mol. The van der Waals surface area contributed by atoms with Gasteiger partial charge in [-0.1, -0.05) is 0 Å². The van der Waals surface area contributed by atoms with Crippen molar-refractivity contribution in [2.24, 2.45) is 0 Å². The maximum absolute atomic E-state index is 14.7. The van der Waals surface area contributed by atoms with Gasteiger partial charge in [0.25, 0.3) is 0 Å². The summed E-state index contributed by atoms with van der Waals surface area (Å²) < 4.78 is 58.8. The van der Waals surface area contributed by atoms with E-state index in [0.717, 1.165) is 62.8 Å². The summed E-state index contributed by atoms with van der Waals surface area (Å²) in [5.74, 6) is -5.77. The fourth-order valence-corrected chi connectivity index (χ4v) is 4.35. The van der Waals surface area contributed by atoms with Crippen molar-refractivity contribution in [3.05, 3.63) is 58.7 Å². The van der Waals surface area contributed by atoms with Crippen LogP contribution < -0.4 is 9.80 Å². The monoisotopic (exact) mass is 420 g/mol. The molecule has 0 radical (unpaired) electrons. The smallest absolute Gasteiger partial charge is 0.204 e. The summed E-state index contributed by atoms with van der Waals surface area (Å²) in [7, 11) is 0. The molecule has 0 aliphatic carbocycles. The molecule has 0 atom stereocenters. The van der Waals surface area contributed by atoms with Crippen LogP contribution in [0.2, 0.25) is 0 Å². The van der Waals surface area contributed by atoms with E-state index in [1.807, 2.05) is 9.80 Å². The molecule has 2 aromatic rings. The van der Waals surface area contributed by atoms with Crippen LogP contribution >= 0.6 is 0 Å². The minimum Gasteiger partial charge on any atom is -0.371 e. The lowest BCUT2D eigenvalue weighted by molar-refractivity contribution is 0.102. The normalized spacial score (nSPS) is 17.3. The molecule has 2 fully saturated rings. The first-order valence-electron chi connectivity index (χ1n) is 10.5. The first-order valence-corrected chi connectivity index (χ1v) is 10.5. The Labute approximate surface area is 173 Å². The fraction of sp³-hybridized carbons (Fsp3) is 0.435. The number of carbonyl (C=O) groups excluding carboxylic acids is 1. The molecule has 0 saturated carbocycles. The predicted octanol–water partition coefficient (Wildman–Crippen LogP) is 5.45. The number of nitrogens with zero attached hydrogens (tertiary/aromatic N) is 2. The SMILES string of the molecule is O=C(c1c(F)cc(N2CCCCC2)cc1F)c1c(F)cc(N2CCCCC2)cc1F. The molecule has 2 saturated heterocycles. The molecule has 2 aliphatic heterocycles. The van der Waals surface area contributed by atoms with Gasteiger partial charge in [-0.2, -0.15) is 0 Å². The number of hydrogen-bond acceptors (Lipinski definition) is 3. The number of benzene rings is 2. The van der Waals surface area contributed by atoms with E-state index in [0.29, 0.717) is 37.6 Å². The molecular formula is C23H24F4N2O. The van der Waals surface area contributed by atoms with Crippen molar-refractivity contribution in [1.29, 1.82) is 0 Å². The van der Waals surface area contributed by atoms with E-state index in [1.165, 1.54) is 0 Å². The lowest BCUT2D eigenvalue weighted by Gasteiger charge is -2.29. The van der Waals surface area contributed by atoms with Crippen LogP contribution in [-0.4, -0.2) is 32.0 Å². The lowest BCUT2D eigenvalue weighted by atomic mass is 9.99. The summed E-state index contributed by atoms with van der Waals surface area (Å²) >= 11 is 0. The Morgan fingerprint density at radius 3 is 1.17 bits per heavy atom. The molecule has 0 amide bonds. The number of rotatable bonds is 4.